The molecule has 0 atom stereocenters. The second-order valence-electron chi connectivity index (χ2n) is 4.31. The van der Waals surface area contributed by atoms with Crippen molar-refractivity contribution < 1.29 is 4.74 Å². The molecule has 0 radical (unpaired) electrons. The molecular formula is C15H16ClN3O. The largest absolute Gasteiger partial charge is 0.495 e. The first-order valence-electron chi connectivity index (χ1n) is 6.05. The van der Waals surface area contributed by atoms with Crippen LogP contribution < -0.4 is 15.4 Å². The van der Waals surface area contributed by atoms with E-state index in [-0.39, 0.29) is 5.84 Å². The molecule has 0 unspecified atom stereocenters. The van der Waals surface area contributed by atoms with Gasteiger partial charge in [-0.25, -0.2) is 0 Å². The second-order valence-corrected chi connectivity index (χ2v) is 4.72. The van der Waals surface area contributed by atoms with Crippen LogP contribution in [0.25, 0.3) is 0 Å². The van der Waals surface area contributed by atoms with E-state index in [0.29, 0.717) is 10.6 Å². The Labute approximate surface area is 123 Å². The smallest absolute Gasteiger partial charge is 0.142 e. The lowest BCUT2D eigenvalue weighted by Crippen LogP contribution is -2.14. The van der Waals surface area contributed by atoms with Gasteiger partial charge in [-0.15, -0.1) is 0 Å². The standard InChI is InChI=1S/C15H16ClN3O/c1-19(13-5-3-4-6-14(13)20-2)12-8-7-10(15(17)18)9-11(12)16/h3-9H,1-2H3,(H3,17,18). The van der Waals surface area contributed by atoms with Crippen LogP contribution in [-0.2, 0) is 0 Å². The van der Waals surface area contributed by atoms with Gasteiger partial charge in [0.25, 0.3) is 0 Å². The third-order valence-electron chi connectivity index (χ3n) is 3.07. The highest BCUT2D eigenvalue weighted by Gasteiger charge is 2.13. The highest BCUT2D eigenvalue weighted by atomic mass is 35.5. The molecule has 0 aliphatic carbocycles. The Morgan fingerprint density at radius 1 is 1.20 bits per heavy atom. The number of ether oxygens (including phenoxy) is 1. The SMILES string of the molecule is COc1ccccc1N(C)c1ccc(C(=N)N)cc1Cl. The lowest BCUT2D eigenvalue weighted by Gasteiger charge is -2.23. The lowest BCUT2D eigenvalue weighted by atomic mass is 10.1. The van der Waals surface area contributed by atoms with Gasteiger partial charge in [0, 0.05) is 12.6 Å². The maximum atomic E-state index is 7.42. The number of hydrogen-bond donors (Lipinski definition) is 2. The second kappa shape index (κ2) is 5.84. The molecule has 0 bridgehead atoms. The Hall–Kier alpha value is -2.20. The number of rotatable bonds is 4. The van der Waals surface area contributed by atoms with E-state index in [2.05, 4.69) is 0 Å². The van der Waals surface area contributed by atoms with Crippen LogP contribution in [0, 0.1) is 5.41 Å². The van der Waals surface area contributed by atoms with E-state index in [1.54, 1.807) is 19.2 Å². The van der Waals surface area contributed by atoms with E-state index in [1.165, 1.54) is 0 Å². The highest BCUT2D eigenvalue weighted by Crippen LogP contribution is 2.36. The Balaban J connectivity index is 2.43. The Kier molecular flexibility index (Phi) is 4.15. The molecule has 5 heteroatoms. The summed E-state index contributed by atoms with van der Waals surface area (Å²) in [5.74, 6) is 0.764. The third-order valence-corrected chi connectivity index (χ3v) is 3.37. The minimum Gasteiger partial charge on any atom is -0.495 e. The number of benzene rings is 2. The molecule has 0 amide bonds. The first kappa shape index (κ1) is 14.2. The van der Waals surface area contributed by atoms with Gasteiger partial charge in [0.15, 0.2) is 0 Å². The van der Waals surface area contributed by atoms with Crippen molar-refractivity contribution in [3.05, 3.63) is 53.1 Å². The van der Waals surface area contributed by atoms with E-state index >= 15 is 0 Å². The van der Waals surface area contributed by atoms with Crippen LogP contribution in [-0.4, -0.2) is 20.0 Å². The molecule has 2 aromatic rings. The first-order chi connectivity index (χ1) is 9.54. The number of methoxy groups -OCH3 is 1. The molecule has 0 heterocycles. The first-order valence-corrected chi connectivity index (χ1v) is 6.43. The molecule has 4 nitrogen and oxygen atoms in total. The number of para-hydroxylation sites is 2. The topological polar surface area (TPSA) is 62.3 Å². The normalized spacial score (nSPS) is 10.2. The number of nitrogens with one attached hydrogen (secondary N) is 1. The molecule has 3 N–H and O–H groups in total. The van der Waals surface area contributed by atoms with E-state index in [1.807, 2.05) is 42.3 Å². The van der Waals surface area contributed by atoms with E-state index in [0.717, 1.165) is 17.1 Å². The maximum absolute atomic E-state index is 7.42. The van der Waals surface area contributed by atoms with Gasteiger partial charge in [0.1, 0.15) is 11.6 Å². The summed E-state index contributed by atoms with van der Waals surface area (Å²) in [5.41, 5.74) is 7.79. The third kappa shape index (κ3) is 2.70. The Morgan fingerprint density at radius 2 is 1.90 bits per heavy atom. The number of nitrogens with zero attached hydrogens (tertiary/aromatic N) is 1. The molecule has 0 fully saturated rings. The summed E-state index contributed by atoms with van der Waals surface area (Å²) in [6.45, 7) is 0. The van der Waals surface area contributed by atoms with Crippen LogP contribution in [0.15, 0.2) is 42.5 Å². The zero-order valence-electron chi connectivity index (χ0n) is 11.4. The van der Waals surface area contributed by atoms with Gasteiger partial charge in [-0.1, -0.05) is 23.7 Å². The minimum absolute atomic E-state index is 0.00149. The molecule has 0 saturated carbocycles. The van der Waals surface area contributed by atoms with Gasteiger partial charge in [-0.05, 0) is 30.3 Å². The summed E-state index contributed by atoms with van der Waals surface area (Å²) in [7, 11) is 3.54. The zero-order valence-corrected chi connectivity index (χ0v) is 12.1. The quantitative estimate of drug-likeness (QED) is 0.670. The van der Waals surface area contributed by atoms with E-state index in [4.69, 9.17) is 27.5 Å². The van der Waals surface area contributed by atoms with Crippen molar-refractivity contribution in [1.82, 2.24) is 0 Å². The minimum atomic E-state index is -0.00149. The van der Waals surface area contributed by atoms with Crippen molar-refractivity contribution in [2.75, 3.05) is 19.1 Å². The van der Waals surface area contributed by atoms with Crippen molar-refractivity contribution in [1.29, 1.82) is 5.41 Å². The fourth-order valence-electron chi connectivity index (χ4n) is 1.98. The molecule has 0 aliphatic heterocycles. The van der Waals surface area contributed by atoms with Crippen LogP contribution in [0.4, 0.5) is 11.4 Å². The Bertz CT molecular complexity index is 643. The van der Waals surface area contributed by atoms with E-state index in [9.17, 15) is 0 Å². The summed E-state index contributed by atoms with van der Waals surface area (Å²) >= 11 is 6.28. The van der Waals surface area contributed by atoms with Crippen molar-refractivity contribution >= 4 is 28.8 Å². The molecule has 20 heavy (non-hydrogen) atoms. The molecule has 104 valence electrons. The Morgan fingerprint density at radius 3 is 2.50 bits per heavy atom. The summed E-state index contributed by atoms with van der Waals surface area (Å²) in [6, 6.07) is 13.0. The predicted octanol–water partition coefficient (Wildman–Crippen LogP) is 3.40. The zero-order chi connectivity index (χ0) is 14.7. The van der Waals surface area contributed by atoms with Gasteiger partial charge < -0.3 is 15.4 Å². The van der Waals surface area contributed by atoms with Crippen molar-refractivity contribution in [2.24, 2.45) is 5.73 Å². The molecule has 2 rings (SSSR count). The molecule has 0 aliphatic rings. The summed E-state index contributed by atoms with van der Waals surface area (Å²) in [4.78, 5) is 1.94. The van der Waals surface area contributed by atoms with Gasteiger partial charge in [0.05, 0.1) is 23.5 Å². The summed E-state index contributed by atoms with van der Waals surface area (Å²) < 4.78 is 5.35. The van der Waals surface area contributed by atoms with Crippen LogP contribution in [0.2, 0.25) is 5.02 Å². The molecule has 0 saturated heterocycles. The monoisotopic (exact) mass is 289 g/mol. The number of anilines is 2. The molecule has 2 aromatic carbocycles. The average molecular weight is 290 g/mol. The van der Waals surface area contributed by atoms with Gasteiger partial charge in [-0.3, -0.25) is 5.41 Å². The fourth-order valence-corrected chi connectivity index (χ4v) is 2.29. The number of nitrogen functional groups attached to an aromatic ring is 1. The number of hydrogen-bond acceptors (Lipinski definition) is 3. The fraction of sp³-hybridized carbons (Fsp3) is 0.133. The van der Waals surface area contributed by atoms with Crippen LogP contribution >= 0.6 is 11.6 Å². The molecule has 0 aromatic heterocycles. The van der Waals surface area contributed by atoms with Crippen LogP contribution in [0.3, 0.4) is 0 Å². The maximum Gasteiger partial charge on any atom is 0.142 e. The van der Waals surface area contributed by atoms with Crippen molar-refractivity contribution in [3.63, 3.8) is 0 Å². The number of amidine groups is 1. The number of halogens is 1. The number of nitrogens with two attached hydrogens (primary N) is 1. The summed E-state index contributed by atoms with van der Waals surface area (Å²) in [6.07, 6.45) is 0. The summed E-state index contributed by atoms with van der Waals surface area (Å²) in [5, 5.41) is 7.96. The van der Waals surface area contributed by atoms with Crippen LogP contribution in [0.1, 0.15) is 5.56 Å². The average Bonchev–Trinajstić information content (AvgIpc) is 2.46. The van der Waals surface area contributed by atoms with Gasteiger partial charge in [0.2, 0.25) is 0 Å². The van der Waals surface area contributed by atoms with Gasteiger partial charge >= 0.3 is 0 Å². The predicted molar refractivity (Wildman–Crippen MR) is 83.5 cm³/mol. The molecular weight excluding hydrogens is 274 g/mol. The highest BCUT2D eigenvalue weighted by molar-refractivity contribution is 6.33. The van der Waals surface area contributed by atoms with Crippen LogP contribution in [0.5, 0.6) is 5.75 Å². The van der Waals surface area contributed by atoms with E-state index < -0.39 is 0 Å². The van der Waals surface area contributed by atoms with Crippen molar-refractivity contribution in [2.45, 2.75) is 0 Å². The molecule has 0 spiro atoms. The van der Waals surface area contributed by atoms with Crippen molar-refractivity contribution in [3.8, 4) is 5.75 Å². The lowest BCUT2D eigenvalue weighted by molar-refractivity contribution is 0.415. The van der Waals surface area contributed by atoms with Gasteiger partial charge in [-0.2, -0.15) is 0 Å².